The lowest BCUT2D eigenvalue weighted by atomic mass is 10.2. The maximum Gasteiger partial charge on any atom is 0.251 e. The molecule has 0 radical (unpaired) electrons. The number of carbonyl (C=O) groups excluding carboxylic acids is 1. The van der Waals surface area contributed by atoms with E-state index in [2.05, 4.69) is 21.2 Å². The number of sulfone groups is 1. The minimum Gasteiger partial charge on any atom is -0.493 e. The number of halogens is 1. The number of rotatable bonds is 10. The van der Waals surface area contributed by atoms with Gasteiger partial charge in [0.15, 0.2) is 21.3 Å². The van der Waals surface area contributed by atoms with Gasteiger partial charge in [-0.2, -0.15) is 0 Å². The molecule has 1 N–H and O–H groups in total. The van der Waals surface area contributed by atoms with E-state index in [1.807, 2.05) is 25.1 Å². The van der Waals surface area contributed by atoms with Gasteiger partial charge in [0.25, 0.3) is 5.91 Å². The Bertz CT molecular complexity index is 900. The zero-order valence-corrected chi connectivity index (χ0v) is 18.3. The Hall–Kier alpha value is -2.06. The highest BCUT2D eigenvalue weighted by molar-refractivity contribution is 9.10. The summed E-state index contributed by atoms with van der Waals surface area (Å²) in [4.78, 5) is 12.4. The summed E-state index contributed by atoms with van der Waals surface area (Å²) in [7, 11) is -1.72. The molecule has 0 heterocycles. The van der Waals surface area contributed by atoms with Crippen LogP contribution in [0.3, 0.4) is 0 Å². The molecule has 0 aliphatic rings. The molecule has 0 bridgehead atoms. The fourth-order valence-corrected chi connectivity index (χ4v) is 4.62. The Labute approximate surface area is 174 Å². The molecule has 0 saturated carbocycles. The van der Waals surface area contributed by atoms with Crippen LogP contribution in [0, 0.1) is 0 Å². The molecule has 0 unspecified atom stereocenters. The number of amides is 1. The Morgan fingerprint density at radius 1 is 1.18 bits per heavy atom. The molecule has 8 heteroatoms. The van der Waals surface area contributed by atoms with E-state index in [1.54, 1.807) is 24.3 Å². The SMILES string of the molecule is CCOc1c(Br)cc(C(=O)NCCCS(=O)(=O)Cc2ccccc2)cc1OC. The molecule has 0 aliphatic carbocycles. The van der Waals surface area contributed by atoms with Gasteiger partial charge in [0.05, 0.1) is 29.7 Å². The zero-order valence-electron chi connectivity index (χ0n) is 15.9. The predicted octanol–water partition coefficient (Wildman–Crippen LogP) is 3.59. The summed E-state index contributed by atoms with van der Waals surface area (Å²) in [5.74, 6) is 0.700. The summed E-state index contributed by atoms with van der Waals surface area (Å²) in [6.07, 6.45) is 0.343. The minimum absolute atomic E-state index is 0.00478. The van der Waals surface area contributed by atoms with Gasteiger partial charge in [0.2, 0.25) is 0 Å². The normalized spacial score (nSPS) is 11.1. The minimum atomic E-state index is -3.22. The molecule has 0 spiro atoms. The second-order valence-electron chi connectivity index (χ2n) is 6.11. The molecule has 2 aromatic rings. The molecule has 0 fully saturated rings. The summed E-state index contributed by atoms with van der Waals surface area (Å²) < 4.78 is 35.8. The van der Waals surface area contributed by atoms with Crippen molar-refractivity contribution < 1.29 is 22.7 Å². The third-order valence-electron chi connectivity index (χ3n) is 3.93. The molecule has 1 amide bonds. The summed E-state index contributed by atoms with van der Waals surface area (Å²) in [6.45, 7) is 2.59. The molecule has 2 aromatic carbocycles. The summed E-state index contributed by atoms with van der Waals surface area (Å²) in [6, 6.07) is 12.3. The van der Waals surface area contributed by atoms with Gasteiger partial charge >= 0.3 is 0 Å². The molecule has 28 heavy (non-hydrogen) atoms. The van der Waals surface area contributed by atoms with Gasteiger partial charge in [-0.3, -0.25) is 4.79 Å². The highest BCUT2D eigenvalue weighted by Gasteiger charge is 2.16. The van der Waals surface area contributed by atoms with Crippen molar-refractivity contribution in [3.8, 4) is 11.5 Å². The number of ether oxygens (including phenoxy) is 2. The van der Waals surface area contributed by atoms with E-state index in [0.717, 1.165) is 5.56 Å². The van der Waals surface area contributed by atoms with Gasteiger partial charge in [-0.15, -0.1) is 0 Å². The Morgan fingerprint density at radius 3 is 2.54 bits per heavy atom. The number of hydrogen-bond donors (Lipinski definition) is 1. The molecule has 0 atom stereocenters. The largest absolute Gasteiger partial charge is 0.493 e. The van der Waals surface area contributed by atoms with Crippen LogP contribution in [0.4, 0.5) is 0 Å². The van der Waals surface area contributed by atoms with Crippen molar-refractivity contribution >= 4 is 31.7 Å². The van der Waals surface area contributed by atoms with Gasteiger partial charge in [-0.25, -0.2) is 8.42 Å². The molecule has 0 aliphatic heterocycles. The van der Waals surface area contributed by atoms with Crippen LogP contribution in [-0.4, -0.2) is 40.3 Å². The number of benzene rings is 2. The van der Waals surface area contributed by atoms with E-state index in [-0.39, 0.29) is 24.0 Å². The molecule has 0 aromatic heterocycles. The molecule has 152 valence electrons. The Balaban J connectivity index is 1.89. The van der Waals surface area contributed by atoms with Gasteiger partial charge < -0.3 is 14.8 Å². The van der Waals surface area contributed by atoms with E-state index < -0.39 is 9.84 Å². The summed E-state index contributed by atoms with van der Waals surface area (Å²) >= 11 is 3.38. The molecule has 0 saturated heterocycles. The van der Waals surface area contributed by atoms with Crippen LogP contribution < -0.4 is 14.8 Å². The van der Waals surface area contributed by atoms with Crippen LogP contribution in [0.1, 0.15) is 29.3 Å². The lowest BCUT2D eigenvalue weighted by Crippen LogP contribution is -2.26. The van der Waals surface area contributed by atoms with Crippen LogP contribution in [0.15, 0.2) is 46.9 Å². The number of nitrogens with one attached hydrogen (secondary N) is 1. The molecular weight excluding hydrogens is 446 g/mol. The van der Waals surface area contributed by atoms with Crippen molar-refractivity contribution in [2.24, 2.45) is 0 Å². The van der Waals surface area contributed by atoms with E-state index >= 15 is 0 Å². The fourth-order valence-electron chi connectivity index (χ4n) is 2.63. The molecule has 6 nitrogen and oxygen atoms in total. The van der Waals surface area contributed by atoms with Crippen molar-refractivity contribution in [2.75, 3.05) is 26.0 Å². The molecule has 2 rings (SSSR count). The monoisotopic (exact) mass is 469 g/mol. The third-order valence-corrected chi connectivity index (χ3v) is 6.20. The van der Waals surface area contributed by atoms with Crippen molar-refractivity contribution in [3.05, 3.63) is 58.1 Å². The maximum absolute atomic E-state index is 12.4. The van der Waals surface area contributed by atoms with Crippen molar-refractivity contribution in [1.82, 2.24) is 5.32 Å². The first kappa shape index (κ1) is 22.2. The highest BCUT2D eigenvalue weighted by Crippen LogP contribution is 2.36. The van der Waals surface area contributed by atoms with Crippen LogP contribution in [0.25, 0.3) is 0 Å². The van der Waals surface area contributed by atoms with Crippen LogP contribution >= 0.6 is 15.9 Å². The van der Waals surface area contributed by atoms with E-state index in [4.69, 9.17) is 9.47 Å². The average Bonchev–Trinajstić information content (AvgIpc) is 2.67. The van der Waals surface area contributed by atoms with Crippen molar-refractivity contribution in [3.63, 3.8) is 0 Å². The standard InChI is InChI=1S/C20H24BrNO5S/c1-3-27-19-17(21)12-16(13-18(19)26-2)20(23)22-10-7-11-28(24,25)14-15-8-5-4-6-9-15/h4-6,8-9,12-13H,3,7,10-11,14H2,1-2H3,(H,22,23). The number of carbonyl (C=O) groups is 1. The Morgan fingerprint density at radius 2 is 1.89 bits per heavy atom. The van der Waals surface area contributed by atoms with E-state index in [0.29, 0.717) is 34.6 Å². The third kappa shape index (κ3) is 6.53. The van der Waals surface area contributed by atoms with Gasteiger partial charge in [-0.1, -0.05) is 30.3 Å². The summed E-state index contributed by atoms with van der Waals surface area (Å²) in [5, 5.41) is 2.74. The second kappa shape index (κ2) is 10.5. The van der Waals surface area contributed by atoms with Crippen LogP contribution in [0.5, 0.6) is 11.5 Å². The smallest absolute Gasteiger partial charge is 0.251 e. The van der Waals surface area contributed by atoms with Crippen molar-refractivity contribution in [2.45, 2.75) is 19.1 Å². The maximum atomic E-state index is 12.4. The van der Waals surface area contributed by atoms with Crippen molar-refractivity contribution in [1.29, 1.82) is 0 Å². The Kier molecular flexibility index (Phi) is 8.32. The van der Waals surface area contributed by atoms with Gasteiger partial charge in [0, 0.05) is 12.1 Å². The second-order valence-corrected chi connectivity index (χ2v) is 9.15. The van der Waals surface area contributed by atoms with Crippen LogP contribution in [-0.2, 0) is 15.6 Å². The predicted molar refractivity (Wildman–Crippen MR) is 113 cm³/mol. The fraction of sp³-hybridized carbons (Fsp3) is 0.350. The average molecular weight is 470 g/mol. The highest BCUT2D eigenvalue weighted by atomic mass is 79.9. The van der Waals surface area contributed by atoms with Gasteiger partial charge in [-0.05, 0) is 47.0 Å². The first-order valence-electron chi connectivity index (χ1n) is 8.89. The number of hydrogen-bond acceptors (Lipinski definition) is 5. The van der Waals surface area contributed by atoms with Crippen LogP contribution in [0.2, 0.25) is 0 Å². The first-order chi connectivity index (χ1) is 13.4. The zero-order chi connectivity index (χ0) is 20.6. The summed E-state index contributed by atoms with van der Waals surface area (Å²) in [5.41, 5.74) is 1.16. The lowest BCUT2D eigenvalue weighted by Gasteiger charge is -2.13. The van der Waals surface area contributed by atoms with E-state index in [1.165, 1.54) is 7.11 Å². The van der Waals surface area contributed by atoms with Gasteiger partial charge in [0.1, 0.15) is 0 Å². The first-order valence-corrected chi connectivity index (χ1v) is 11.5. The molecular formula is C20H24BrNO5S. The number of methoxy groups -OCH3 is 1. The van der Waals surface area contributed by atoms with E-state index in [9.17, 15) is 13.2 Å². The quantitative estimate of drug-likeness (QED) is 0.537. The lowest BCUT2D eigenvalue weighted by molar-refractivity contribution is 0.0953. The topological polar surface area (TPSA) is 81.7 Å².